The number of halogens is 1. The fourth-order valence-electron chi connectivity index (χ4n) is 1.41. The number of thiophene rings is 1. The maximum Gasteiger partial charge on any atom is 0.245 e. The summed E-state index contributed by atoms with van der Waals surface area (Å²) in [5.41, 5.74) is 2.96. The Labute approximate surface area is 122 Å². The average Bonchev–Trinajstić information content (AvgIpc) is 2.86. The van der Waals surface area contributed by atoms with Crippen LogP contribution in [-0.4, -0.2) is 17.2 Å². The van der Waals surface area contributed by atoms with Gasteiger partial charge in [-0.3, -0.25) is 4.79 Å². The van der Waals surface area contributed by atoms with Crippen LogP contribution in [-0.2, 0) is 11.2 Å². The lowest BCUT2D eigenvalue weighted by atomic mass is 10.2. The van der Waals surface area contributed by atoms with Gasteiger partial charge < -0.3 is 5.11 Å². The zero-order chi connectivity index (χ0) is 13.7. The van der Waals surface area contributed by atoms with Gasteiger partial charge in [-0.1, -0.05) is 22.0 Å². The first-order valence-corrected chi connectivity index (χ1v) is 7.15. The molecule has 0 fully saturated rings. The van der Waals surface area contributed by atoms with Gasteiger partial charge >= 0.3 is 0 Å². The van der Waals surface area contributed by atoms with Crippen LogP contribution in [0.15, 0.2) is 45.3 Å². The van der Waals surface area contributed by atoms with Gasteiger partial charge in [0, 0.05) is 14.9 Å². The number of hydrogen-bond acceptors (Lipinski definition) is 4. The number of phenolic OH excluding ortho intramolecular Hbond substituents is 1. The Morgan fingerprint density at radius 3 is 3.05 bits per heavy atom. The number of carbonyl (C=O) groups excluding carboxylic acids is 1. The molecule has 2 N–H and O–H groups in total. The van der Waals surface area contributed by atoms with E-state index in [1.54, 1.807) is 18.2 Å². The van der Waals surface area contributed by atoms with Crippen LogP contribution in [0.2, 0.25) is 0 Å². The van der Waals surface area contributed by atoms with Gasteiger partial charge in [-0.25, -0.2) is 5.43 Å². The highest BCUT2D eigenvalue weighted by atomic mass is 79.9. The minimum Gasteiger partial charge on any atom is -0.507 e. The summed E-state index contributed by atoms with van der Waals surface area (Å²) >= 11 is 4.82. The van der Waals surface area contributed by atoms with Crippen molar-refractivity contribution in [1.29, 1.82) is 0 Å². The van der Waals surface area contributed by atoms with Crippen molar-refractivity contribution in [1.82, 2.24) is 5.43 Å². The van der Waals surface area contributed by atoms with Gasteiger partial charge in [0.2, 0.25) is 5.91 Å². The number of nitrogens with zero attached hydrogens (tertiary/aromatic N) is 1. The molecule has 0 aliphatic heterocycles. The zero-order valence-electron chi connectivity index (χ0n) is 9.84. The van der Waals surface area contributed by atoms with Crippen LogP contribution in [0.25, 0.3) is 0 Å². The standard InChI is InChI=1S/C13H11BrN2O2S/c14-10-3-4-12(17)9(6-10)8-15-16-13(18)7-11-2-1-5-19-11/h1-6,8,17H,7H2,(H,16,18)/b15-8-. The average molecular weight is 339 g/mol. The van der Waals surface area contributed by atoms with Gasteiger partial charge in [-0.15, -0.1) is 11.3 Å². The fourth-order valence-corrected chi connectivity index (χ4v) is 2.50. The number of benzene rings is 1. The summed E-state index contributed by atoms with van der Waals surface area (Å²) in [5, 5.41) is 15.3. The molecule has 2 rings (SSSR count). The third-order valence-corrected chi connectivity index (χ3v) is 3.67. The SMILES string of the molecule is O=C(Cc1cccs1)N/N=C\c1cc(Br)ccc1O. The molecule has 0 saturated carbocycles. The Hall–Kier alpha value is -1.66. The van der Waals surface area contributed by atoms with E-state index in [9.17, 15) is 9.90 Å². The Morgan fingerprint density at radius 1 is 1.47 bits per heavy atom. The van der Waals surface area contributed by atoms with Gasteiger partial charge in [-0.05, 0) is 29.6 Å². The van der Waals surface area contributed by atoms with Gasteiger partial charge in [0.25, 0.3) is 0 Å². The Bertz CT molecular complexity index is 597. The molecule has 0 radical (unpaired) electrons. The number of amides is 1. The highest BCUT2D eigenvalue weighted by Gasteiger charge is 2.03. The van der Waals surface area contributed by atoms with E-state index in [4.69, 9.17) is 0 Å². The lowest BCUT2D eigenvalue weighted by molar-refractivity contribution is -0.120. The van der Waals surface area contributed by atoms with Crippen molar-refractivity contribution >= 4 is 39.4 Å². The van der Waals surface area contributed by atoms with E-state index in [0.717, 1.165) is 9.35 Å². The van der Waals surface area contributed by atoms with Crippen LogP contribution in [0.1, 0.15) is 10.4 Å². The summed E-state index contributed by atoms with van der Waals surface area (Å²) in [5.74, 6) is -0.0763. The van der Waals surface area contributed by atoms with Crippen LogP contribution in [0.4, 0.5) is 0 Å². The molecule has 1 aromatic heterocycles. The molecule has 0 aliphatic carbocycles. The summed E-state index contributed by atoms with van der Waals surface area (Å²) in [6.45, 7) is 0. The second-order valence-corrected chi connectivity index (χ2v) is 5.70. The second-order valence-electron chi connectivity index (χ2n) is 3.75. The molecule has 6 heteroatoms. The first-order valence-electron chi connectivity index (χ1n) is 5.48. The summed E-state index contributed by atoms with van der Waals surface area (Å²) in [6.07, 6.45) is 1.71. The maximum absolute atomic E-state index is 11.6. The van der Waals surface area contributed by atoms with Crippen molar-refractivity contribution in [2.75, 3.05) is 0 Å². The van der Waals surface area contributed by atoms with Crippen LogP contribution < -0.4 is 5.43 Å². The molecule has 0 saturated heterocycles. The van der Waals surface area contributed by atoms with E-state index in [1.165, 1.54) is 17.6 Å². The first kappa shape index (κ1) is 13.8. The molecule has 4 nitrogen and oxygen atoms in total. The summed E-state index contributed by atoms with van der Waals surface area (Å²) in [7, 11) is 0. The van der Waals surface area contributed by atoms with E-state index < -0.39 is 0 Å². The third kappa shape index (κ3) is 4.18. The molecule has 0 bridgehead atoms. The highest BCUT2D eigenvalue weighted by Crippen LogP contribution is 2.19. The molecule has 0 spiro atoms. The Kier molecular flexibility index (Phi) is 4.70. The topological polar surface area (TPSA) is 61.7 Å². The summed E-state index contributed by atoms with van der Waals surface area (Å²) < 4.78 is 0.830. The van der Waals surface area contributed by atoms with E-state index in [2.05, 4.69) is 26.5 Å². The molecular formula is C13H11BrN2O2S. The van der Waals surface area contributed by atoms with Gasteiger partial charge in [0.05, 0.1) is 12.6 Å². The predicted octanol–water partition coefficient (Wildman–Crippen LogP) is 2.91. The van der Waals surface area contributed by atoms with Gasteiger partial charge in [-0.2, -0.15) is 5.10 Å². The molecule has 2 aromatic rings. The van der Waals surface area contributed by atoms with Crippen molar-refractivity contribution in [3.63, 3.8) is 0 Å². The van der Waals surface area contributed by atoms with Crippen molar-refractivity contribution < 1.29 is 9.90 Å². The number of hydrogen-bond donors (Lipinski definition) is 2. The molecule has 0 unspecified atom stereocenters. The third-order valence-electron chi connectivity index (χ3n) is 2.30. The molecule has 0 atom stereocenters. The maximum atomic E-state index is 11.6. The minimum absolute atomic E-state index is 0.111. The highest BCUT2D eigenvalue weighted by molar-refractivity contribution is 9.10. The van der Waals surface area contributed by atoms with E-state index in [1.807, 2.05) is 17.5 Å². The predicted molar refractivity (Wildman–Crippen MR) is 79.6 cm³/mol. The number of phenols is 1. The number of rotatable bonds is 4. The number of nitrogens with one attached hydrogen (secondary N) is 1. The van der Waals surface area contributed by atoms with Crippen LogP contribution in [0.3, 0.4) is 0 Å². The van der Waals surface area contributed by atoms with Crippen LogP contribution in [0.5, 0.6) is 5.75 Å². The molecule has 0 aliphatic rings. The Morgan fingerprint density at radius 2 is 2.32 bits per heavy atom. The fraction of sp³-hybridized carbons (Fsp3) is 0.0769. The molecule has 1 heterocycles. The zero-order valence-corrected chi connectivity index (χ0v) is 12.2. The summed E-state index contributed by atoms with van der Waals surface area (Å²) in [4.78, 5) is 12.5. The van der Waals surface area contributed by atoms with Crippen LogP contribution >= 0.6 is 27.3 Å². The molecule has 1 aromatic carbocycles. The van der Waals surface area contributed by atoms with E-state index in [0.29, 0.717) is 12.0 Å². The van der Waals surface area contributed by atoms with E-state index in [-0.39, 0.29) is 11.7 Å². The molecule has 1 amide bonds. The molecule has 19 heavy (non-hydrogen) atoms. The van der Waals surface area contributed by atoms with Crippen molar-refractivity contribution in [2.24, 2.45) is 5.10 Å². The Balaban J connectivity index is 1.92. The largest absolute Gasteiger partial charge is 0.507 e. The first-order chi connectivity index (χ1) is 9.15. The smallest absolute Gasteiger partial charge is 0.245 e. The van der Waals surface area contributed by atoms with Crippen molar-refractivity contribution in [2.45, 2.75) is 6.42 Å². The second kappa shape index (κ2) is 6.49. The number of hydrazone groups is 1. The number of carbonyl (C=O) groups is 1. The van der Waals surface area contributed by atoms with Crippen molar-refractivity contribution in [3.8, 4) is 5.75 Å². The minimum atomic E-state index is -0.187. The molecule has 98 valence electrons. The van der Waals surface area contributed by atoms with E-state index >= 15 is 0 Å². The van der Waals surface area contributed by atoms with Gasteiger partial charge in [0.15, 0.2) is 0 Å². The molecular weight excluding hydrogens is 328 g/mol. The van der Waals surface area contributed by atoms with Gasteiger partial charge in [0.1, 0.15) is 5.75 Å². The number of aromatic hydroxyl groups is 1. The quantitative estimate of drug-likeness (QED) is 0.665. The normalized spacial score (nSPS) is 10.8. The lowest BCUT2D eigenvalue weighted by Crippen LogP contribution is -2.19. The summed E-state index contributed by atoms with van der Waals surface area (Å²) in [6, 6.07) is 8.79. The lowest BCUT2D eigenvalue weighted by Gasteiger charge is -2.00. The monoisotopic (exact) mass is 338 g/mol. The van der Waals surface area contributed by atoms with Crippen LogP contribution in [0, 0.1) is 0 Å². The van der Waals surface area contributed by atoms with Crippen molar-refractivity contribution in [3.05, 3.63) is 50.6 Å².